The Morgan fingerprint density at radius 3 is 2.12 bits per heavy atom. The zero-order valence-corrected chi connectivity index (χ0v) is 14.3. The second-order valence-electron chi connectivity index (χ2n) is 8.20. The lowest BCUT2D eigenvalue weighted by molar-refractivity contribution is -0.226. The SMILES string of the molecule is CC(F)(F)C(=O)OC12CC3CC(C1)CC(C(=O)OCCC(F)(F)F)(C3)C2. The zero-order chi connectivity index (χ0) is 19.4. The number of ether oxygens (including phenoxy) is 2. The Morgan fingerprint density at radius 1 is 1.04 bits per heavy atom. The summed E-state index contributed by atoms with van der Waals surface area (Å²) in [4.78, 5) is 24.2. The summed E-state index contributed by atoms with van der Waals surface area (Å²) >= 11 is 0. The van der Waals surface area contributed by atoms with Crippen LogP contribution >= 0.6 is 0 Å². The highest BCUT2D eigenvalue weighted by atomic mass is 19.4. The largest absolute Gasteiger partial charge is 0.465 e. The molecule has 4 nitrogen and oxygen atoms in total. The number of hydrogen-bond donors (Lipinski definition) is 0. The third-order valence-electron chi connectivity index (χ3n) is 5.73. The molecule has 0 radical (unpaired) electrons. The Kier molecular flexibility index (Phi) is 4.51. The van der Waals surface area contributed by atoms with Gasteiger partial charge in [-0.2, -0.15) is 22.0 Å². The van der Waals surface area contributed by atoms with Crippen LogP contribution in [0.4, 0.5) is 22.0 Å². The predicted octanol–water partition coefficient (Wildman–Crippen LogP) is 4.02. The Morgan fingerprint density at radius 2 is 1.62 bits per heavy atom. The Bertz CT molecular complexity index is 581. The fourth-order valence-electron chi connectivity index (χ4n) is 5.24. The van der Waals surface area contributed by atoms with E-state index in [4.69, 9.17) is 9.47 Å². The van der Waals surface area contributed by atoms with Gasteiger partial charge in [0.15, 0.2) is 0 Å². The normalized spacial score (nSPS) is 36.1. The minimum Gasteiger partial charge on any atom is -0.465 e. The molecular weight excluding hydrogens is 363 g/mol. The highest BCUT2D eigenvalue weighted by molar-refractivity contribution is 5.79. The van der Waals surface area contributed by atoms with E-state index >= 15 is 0 Å². The quantitative estimate of drug-likeness (QED) is 0.531. The van der Waals surface area contributed by atoms with Crippen molar-refractivity contribution >= 4 is 11.9 Å². The van der Waals surface area contributed by atoms with E-state index in [0.717, 1.165) is 6.42 Å². The van der Waals surface area contributed by atoms with Crippen molar-refractivity contribution in [3.8, 4) is 0 Å². The molecule has 0 heterocycles. The summed E-state index contributed by atoms with van der Waals surface area (Å²) in [5.41, 5.74) is -2.19. The smallest absolute Gasteiger partial charge is 0.392 e. The summed E-state index contributed by atoms with van der Waals surface area (Å²) in [6.07, 6.45) is -3.12. The van der Waals surface area contributed by atoms with Gasteiger partial charge in [0.1, 0.15) is 5.60 Å². The van der Waals surface area contributed by atoms with Crippen molar-refractivity contribution in [3.63, 3.8) is 0 Å². The van der Waals surface area contributed by atoms with Gasteiger partial charge in [0, 0.05) is 13.3 Å². The fraction of sp³-hybridized carbons (Fsp3) is 0.882. The van der Waals surface area contributed by atoms with Crippen LogP contribution in [0.15, 0.2) is 0 Å². The van der Waals surface area contributed by atoms with Gasteiger partial charge in [-0.1, -0.05) is 0 Å². The van der Waals surface area contributed by atoms with Crippen LogP contribution < -0.4 is 0 Å². The number of carbonyl (C=O) groups is 2. The maximum absolute atomic E-state index is 13.3. The molecule has 2 unspecified atom stereocenters. The number of alkyl halides is 5. The first-order valence-electron chi connectivity index (χ1n) is 8.68. The average Bonchev–Trinajstić information content (AvgIpc) is 2.42. The van der Waals surface area contributed by atoms with E-state index in [9.17, 15) is 31.5 Å². The van der Waals surface area contributed by atoms with Crippen molar-refractivity contribution in [2.75, 3.05) is 6.61 Å². The highest BCUT2D eigenvalue weighted by Gasteiger charge is 2.63. The van der Waals surface area contributed by atoms with Crippen molar-refractivity contribution in [3.05, 3.63) is 0 Å². The standard InChI is InChI=1S/C17H21F5O4/c1-14(18,19)12(23)26-16-7-10-4-11(8-16)6-15(5-10,9-16)13(24)25-3-2-17(20,21)22/h10-11H,2-9H2,1H3. The summed E-state index contributed by atoms with van der Waals surface area (Å²) in [6, 6.07) is 0. The van der Waals surface area contributed by atoms with Gasteiger partial charge in [-0.3, -0.25) is 4.79 Å². The van der Waals surface area contributed by atoms with E-state index in [1.807, 2.05) is 0 Å². The number of hydrogen-bond acceptors (Lipinski definition) is 4. The molecule has 0 aliphatic heterocycles. The molecule has 4 bridgehead atoms. The molecule has 26 heavy (non-hydrogen) atoms. The average molecular weight is 384 g/mol. The molecule has 4 rings (SSSR count). The monoisotopic (exact) mass is 384 g/mol. The van der Waals surface area contributed by atoms with Crippen LogP contribution in [0.1, 0.15) is 51.9 Å². The molecule has 4 saturated carbocycles. The zero-order valence-electron chi connectivity index (χ0n) is 14.3. The van der Waals surface area contributed by atoms with Gasteiger partial charge in [-0.15, -0.1) is 0 Å². The lowest BCUT2D eigenvalue weighted by Crippen LogP contribution is -2.60. The molecule has 2 atom stereocenters. The van der Waals surface area contributed by atoms with E-state index in [2.05, 4.69) is 0 Å². The molecule has 4 aliphatic carbocycles. The number of halogens is 5. The predicted molar refractivity (Wildman–Crippen MR) is 78.2 cm³/mol. The third-order valence-corrected chi connectivity index (χ3v) is 5.73. The van der Waals surface area contributed by atoms with Crippen LogP contribution in [0, 0.1) is 17.3 Å². The van der Waals surface area contributed by atoms with Gasteiger partial charge >= 0.3 is 24.0 Å². The first-order chi connectivity index (χ1) is 11.8. The van der Waals surface area contributed by atoms with Crippen LogP contribution in [0.5, 0.6) is 0 Å². The molecule has 4 fully saturated rings. The minimum absolute atomic E-state index is 0.0182. The summed E-state index contributed by atoms with van der Waals surface area (Å²) in [5, 5.41) is 0. The molecule has 4 aliphatic rings. The summed E-state index contributed by atoms with van der Waals surface area (Å²) in [7, 11) is 0. The molecule has 0 N–H and O–H groups in total. The van der Waals surface area contributed by atoms with Crippen LogP contribution in [0.3, 0.4) is 0 Å². The summed E-state index contributed by atoms with van der Waals surface area (Å²) < 4.78 is 73.4. The highest BCUT2D eigenvalue weighted by Crippen LogP contribution is 2.63. The maximum Gasteiger partial charge on any atom is 0.392 e. The first-order valence-corrected chi connectivity index (χ1v) is 8.68. The first kappa shape index (κ1) is 19.4. The molecule has 148 valence electrons. The summed E-state index contributed by atoms with van der Waals surface area (Å²) in [5.74, 6) is -5.96. The van der Waals surface area contributed by atoms with Gasteiger partial charge in [0.2, 0.25) is 0 Å². The molecule has 0 amide bonds. The topological polar surface area (TPSA) is 52.6 Å². The Labute approximate surface area is 147 Å². The van der Waals surface area contributed by atoms with Gasteiger partial charge in [0.25, 0.3) is 0 Å². The number of esters is 2. The van der Waals surface area contributed by atoms with E-state index in [1.54, 1.807) is 0 Å². The van der Waals surface area contributed by atoms with Crippen LogP contribution in [-0.2, 0) is 19.1 Å². The van der Waals surface area contributed by atoms with E-state index < -0.39 is 48.1 Å². The molecule has 0 spiro atoms. The fourth-order valence-corrected chi connectivity index (χ4v) is 5.24. The lowest BCUT2D eigenvalue weighted by atomic mass is 9.48. The van der Waals surface area contributed by atoms with E-state index in [-0.39, 0.29) is 18.3 Å². The molecule has 0 aromatic heterocycles. The van der Waals surface area contributed by atoms with Gasteiger partial charge in [-0.25, -0.2) is 4.79 Å². The van der Waals surface area contributed by atoms with Crippen molar-refractivity contribution in [2.45, 2.75) is 69.6 Å². The van der Waals surface area contributed by atoms with Crippen LogP contribution in [0.2, 0.25) is 0 Å². The van der Waals surface area contributed by atoms with E-state index in [0.29, 0.717) is 32.6 Å². The molecule has 0 saturated heterocycles. The maximum atomic E-state index is 13.3. The van der Waals surface area contributed by atoms with Crippen LogP contribution in [0.25, 0.3) is 0 Å². The van der Waals surface area contributed by atoms with Crippen molar-refractivity contribution in [1.82, 2.24) is 0 Å². The minimum atomic E-state index is -4.43. The second-order valence-corrected chi connectivity index (χ2v) is 8.20. The molecular formula is C17H21F5O4. The van der Waals surface area contributed by atoms with Crippen LogP contribution in [-0.4, -0.2) is 36.2 Å². The molecule has 0 aromatic carbocycles. The lowest BCUT2D eigenvalue weighted by Gasteiger charge is -2.59. The Balaban J connectivity index is 1.73. The van der Waals surface area contributed by atoms with Gasteiger partial charge < -0.3 is 9.47 Å². The van der Waals surface area contributed by atoms with Crippen molar-refractivity contribution in [1.29, 1.82) is 0 Å². The van der Waals surface area contributed by atoms with Gasteiger partial charge in [0.05, 0.1) is 18.4 Å². The molecule has 0 aromatic rings. The number of carbonyl (C=O) groups excluding carboxylic acids is 2. The number of rotatable bonds is 5. The third kappa shape index (κ3) is 3.81. The van der Waals surface area contributed by atoms with Crippen molar-refractivity contribution < 1.29 is 41.0 Å². The Hall–Kier alpha value is -1.41. The van der Waals surface area contributed by atoms with Crippen molar-refractivity contribution in [2.24, 2.45) is 17.3 Å². The van der Waals surface area contributed by atoms with E-state index in [1.165, 1.54) is 0 Å². The summed E-state index contributed by atoms with van der Waals surface area (Å²) in [6.45, 7) is -0.309. The molecule has 9 heteroatoms. The second kappa shape index (κ2) is 6.05. The van der Waals surface area contributed by atoms with Gasteiger partial charge in [-0.05, 0) is 43.9 Å².